The van der Waals surface area contributed by atoms with Crippen LogP contribution in [0.3, 0.4) is 0 Å². The van der Waals surface area contributed by atoms with Gasteiger partial charge in [-0.2, -0.15) is 0 Å². The molecule has 0 bridgehead atoms. The Bertz CT molecular complexity index is 356. The van der Waals surface area contributed by atoms with Gasteiger partial charge in [-0.25, -0.2) is 0 Å². The molecule has 1 heterocycles. The molecule has 1 N–H and O–H groups in total. The first kappa shape index (κ1) is 14.4. The van der Waals surface area contributed by atoms with E-state index in [-0.39, 0.29) is 0 Å². The van der Waals surface area contributed by atoms with Gasteiger partial charge in [0, 0.05) is 6.54 Å². The highest BCUT2D eigenvalue weighted by Gasteiger charge is 2.15. The molecule has 0 amide bonds. The van der Waals surface area contributed by atoms with Crippen molar-refractivity contribution in [3.63, 3.8) is 0 Å². The van der Waals surface area contributed by atoms with Gasteiger partial charge in [-0.1, -0.05) is 12.1 Å². The smallest absolute Gasteiger partial charge is 0.119 e. The van der Waals surface area contributed by atoms with Crippen molar-refractivity contribution in [3.8, 4) is 5.75 Å². The summed E-state index contributed by atoms with van der Waals surface area (Å²) < 4.78 is 5.45. The number of hydrogen-bond donors (Lipinski definition) is 1. The van der Waals surface area contributed by atoms with Crippen molar-refractivity contribution in [2.24, 2.45) is 5.92 Å². The van der Waals surface area contributed by atoms with Gasteiger partial charge in [0.15, 0.2) is 0 Å². The van der Waals surface area contributed by atoms with Crippen LogP contribution >= 0.6 is 0 Å². The van der Waals surface area contributed by atoms with Crippen molar-refractivity contribution >= 4 is 0 Å². The average molecular weight is 262 g/mol. The first-order valence-electron chi connectivity index (χ1n) is 7.39. The normalized spacial score (nSPS) is 17.6. The summed E-state index contributed by atoms with van der Waals surface area (Å²) in [6.45, 7) is 7.33. The molecule has 0 aliphatic carbocycles. The zero-order valence-corrected chi connectivity index (χ0v) is 12.2. The maximum atomic E-state index is 5.45. The number of piperidine rings is 1. The van der Waals surface area contributed by atoms with Crippen LogP contribution in [0.1, 0.15) is 25.3 Å². The van der Waals surface area contributed by atoms with Gasteiger partial charge in [0.25, 0.3) is 0 Å². The zero-order chi connectivity index (χ0) is 13.5. The zero-order valence-electron chi connectivity index (χ0n) is 12.2. The first-order chi connectivity index (χ1) is 9.28. The highest BCUT2D eigenvalue weighted by atomic mass is 16.5. The molecular weight excluding hydrogens is 236 g/mol. The van der Waals surface area contributed by atoms with Crippen LogP contribution < -0.4 is 10.1 Å². The van der Waals surface area contributed by atoms with Gasteiger partial charge in [-0.3, -0.25) is 0 Å². The topological polar surface area (TPSA) is 24.5 Å². The van der Waals surface area contributed by atoms with Gasteiger partial charge < -0.3 is 15.0 Å². The van der Waals surface area contributed by atoms with Crippen molar-refractivity contribution in [1.82, 2.24) is 10.2 Å². The Kier molecular flexibility index (Phi) is 5.67. The Hall–Kier alpha value is -1.06. The molecule has 106 valence electrons. The minimum atomic E-state index is 0.730. The highest BCUT2D eigenvalue weighted by Crippen LogP contribution is 2.15. The third-order valence-electron chi connectivity index (χ3n) is 3.83. The van der Waals surface area contributed by atoms with Gasteiger partial charge in [0.1, 0.15) is 5.75 Å². The second kappa shape index (κ2) is 7.51. The predicted molar refractivity (Wildman–Crippen MR) is 79.5 cm³/mol. The van der Waals surface area contributed by atoms with E-state index in [0.717, 1.165) is 31.4 Å². The minimum absolute atomic E-state index is 0.730. The van der Waals surface area contributed by atoms with Gasteiger partial charge in [0.2, 0.25) is 0 Å². The average Bonchev–Trinajstić information content (AvgIpc) is 2.43. The van der Waals surface area contributed by atoms with Gasteiger partial charge >= 0.3 is 0 Å². The molecule has 3 nitrogen and oxygen atoms in total. The summed E-state index contributed by atoms with van der Waals surface area (Å²) in [6, 6.07) is 8.39. The van der Waals surface area contributed by atoms with Gasteiger partial charge in [-0.15, -0.1) is 0 Å². The monoisotopic (exact) mass is 262 g/mol. The molecule has 1 fully saturated rings. The van der Waals surface area contributed by atoms with E-state index in [4.69, 9.17) is 4.74 Å². The van der Waals surface area contributed by atoms with Crippen LogP contribution in [0.2, 0.25) is 0 Å². The van der Waals surface area contributed by atoms with E-state index in [0.29, 0.717) is 0 Å². The van der Waals surface area contributed by atoms with E-state index in [1.807, 2.05) is 6.92 Å². The number of nitrogens with one attached hydrogen (secondary N) is 1. The molecule has 2 rings (SSSR count). The van der Waals surface area contributed by atoms with E-state index >= 15 is 0 Å². The second-order valence-electron chi connectivity index (χ2n) is 5.45. The molecule has 3 heteroatoms. The molecule has 1 aliphatic heterocycles. The summed E-state index contributed by atoms with van der Waals surface area (Å²) in [5.74, 6) is 1.81. The molecule has 1 aromatic carbocycles. The lowest BCUT2D eigenvalue weighted by molar-refractivity contribution is 0.216. The molecule has 1 aromatic rings. The fraction of sp³-hybridized carbons (Fsp3) is 0.625. The lowest BCUT2D eigenvalue weighted by Crippen LogP contribution is -2.34. The molecule has 0 unspecified atom stereocenters. The van der Waals surface area contributed by atoms with Crippen LogP contribution in [-0.4, -0.2) is 38.2 Å². The van der Waals surface area contributed by atoms with Crippen molar-refractivity contribution in [3.05, 3.63) is 29.8 Å². The molecule has 0 aromatic heterocycles. The number of likely N-dealkylation sites (tertiary alicyclic amines) is 1. The Balaban J connectivity index is 1.67. The quantitative estimate of drug-likeness (QED) is 0.852. The largest absolute Gasteiger partial charge is 0.494 e. The van der Waals surface area contributed by atoms with Crippen LogP contribution in [0, 0.1) is 5.92 Å². The van der Waals surface area contributed by atoms with Crippen LogP contribution in [-0.2, 0) is 6.54 Å². The van der Waals surface area contributed by atoms with Crippen molar-refractivity contribution in [2.75, 3.05) is 33.3 Å². The maximum Gasteiger partial charge on any atom is 0.119 e. The van der Waals surface area contributed by atoms with E-state index in [1.165, 1.54) is 31.5 Å². The lowest BCUT2D eigenvalue weighted by Gasteiger charge is -2.29. The van der Waals surface area contributed by atoms with Gasteiger partial charge in [-0.05, 0) is 70.1 Å². The van der Waals surface area contributed by atoms with E-state index in [1.54, 1.807) is 0 Å². The molecular formula is C16H26N2O. The maximum absolute atomic E-state index is 5.45. The molecule has 1 aliphatic rings. The standard InChI is InChI=1S/C16H26N2O/c1-3-19-16-6-4-14(5-7-16)12-17-13-15-8-10-18(2)11-9-15/h4-7,15,17H,3,8-13H2,1-2H3. The number of hydrogen-bond acceptors (Lipinski definition) is 3. The summed E-state index contributed by atoms with van der Waals surface area (Å²) in [7, 11) is 2.21. The van der Waals surface area contributed by atoms with Crippen molar-refractivity contribution in [1.29, 1.82) is 0 Å². The Morgan fingerprint density at radius 2 is 1.89 bits per heavy atom. The molecule has 19 heavy (non-hydrogen) atoms. The molecule has 0 spiro atoms. The molecule has 1 saturated heterocycles. The Morgan fingerprint density at radius 1 is 1.21 bits per heavy atom. The fourth-order valence-corrected chi connectivity index (χ4v) is 2.56. The second-order valence-corrected chi connectivity index (χ2v) is 5.45. The van der Waals surface area contributed by atoms with Crippen molar-refractivity contribution in [2.45, 2.75) is 26.3 Å². The molecule has 0 saturated carbocycles. The molecule has 0 radical (unpaired) electrons. The Labute approximate surface area is 116 Å². The highest BCUT2D eigenvalue weighted by molar-refractivity contribution is 5.27. The van der Waals surface area contributed by atoms with Crippen LogP contribution in [0.25, 0.3) is 0 Å². The molecule has 0 atom stereocenters. The number of benzene rings is 1. The predicted octanol–water partition coefficient (Wildman–Crippen LogP) is 2.52. The van der Waals surface area contributed by atoms with Crippen LogP contribution in [0.5, 0.6) is 5.75 Å². The van der Waals surface area contributed by atoms with E-state index in [2.05, 4.69) is 41.5 Å². The van der Waals surface area contributed by atoms with Crippen LogP contribution in [0.15, 0.2) is 24.3 Å². The minimum Gasteiger partial charge on any atom is -0.494 e. The number of rotatable bonds is 6. The van der Waals surface area contributed by atoms with Gasteiger partial charge in [0.05, 0.1) is 6.61 Å². The Morgan fingerprint density at radius 3 is 2.53 bits per heavy atom. The van der Waals surface area contributed by atoms with Crippen LogP contribution in [0.4, 0.5) is 0 Å². The first-order valence-corrected chi connectivity index (χ1v) is 7.39. The third-order valence-corrected chi connectivity index (χ3v) is 3.83. The summed E-state index contributed by atoms with van der Waals surface area (Å²) in [5, 5.41) is 3.58. The summed E-state index contributed by atoms with van der Waals surface area (Å²) in [5.41, 5.74) is 1.33. The third kappa shape index (κ3) is 4.84. The summed E-state index contributed by atoms with van der Waals surface area (Å²) in [6.07, 6.45) is 2.65. The van der Waals surface area contributed by atoms with E-state index < -0.39 is 0 Å². The summed E-state index contributed by atoms with van der Waals surface area (Å²) in [4.78, 5) is 2.42. The van der Waals surface area contributed by atoms with E-state index in [9.17, 15) is 0 Å². The fourth-order valence-electron chi connectivity index (χ4n) is 2.56. The number of ether oxygens (including phenoxy) is 1. The summed E-state index contributed by atoms with van der Waals surface area (Å²) >= 11 is 0. The SMILES string of the molecule is CCOc1ccc(CNCC2CCN(C)CC2)cc1. The van der Waals surface area contributed by atoms with Crippen molar-refractivity contribution < 1.29 is 4.74 Å². The number of nitrogens with zero attached hydrogens (tertiary/aromatic N) is 1. The lowest BCUT2D eigenvalue weighted by atomic mass is 9.97.